The van der Waals surface area contributed by atoms with Crippen molar-refractivity contribution in [3.63, 3.8) is 0 Å². The molecule has 0 aromatic rings. The smallest absolute Gasteiger partial charge is 0.305 e. The van der Waals surface area contributed by atoms with Crippen molar-refractivity contribution >= 4 is 5.97 Å². The number of rotatable bonds is 38. The van der Waals surface area contributed by atoms with Gasteiger partial charge in [-0.2, -0.15) is 0 Å². The van der Waals surface area contributed by atoms with Crippen LogP contribution in [0.1, 0.15) is 174 Å². The van der Waals surface area contributed by atoms with Crippen LogP contribution in [-0.4, -0.2) is 65.4 Å². The molecule has 0 radical (unpaired) electrons. The summed E-state index contributed by atoms with van der Waals surface area (Å²) in [5.74, 6) is -0.108. The highest BCUT2D eigenvalue weighted by Gasteiger charge is 2.03. The molecule has 0 bridgehead atoms. The van der Waals surface area contributed by atoms with Crippen LogP contribution in [0.3, 0.4) is 0 Å². The van der Waals surface area contributed by atoms with E-state index in [1.54, 1.807) is 0 Å². The Labute approximate surface area is 268 Å². The molecule has 0 aromatic carbocycles. The monoisotopic (exact) mass is 615 g/mol. The third kappa shape index (κ3) is 39.3. The van der Waals surface area contributed by atoms with E-state index in [1.807, 2.05) is 0 Å². The number of unbranched alkanes of at least 4 members (excludes halogenated alkanes) is 21. The van der Waals surface area contributed by atoms with E-state index in [4.69, 9.17) is 23.7 Å². The number of esters is 1. The van der Waals surface area contributed by atoms with E-state index < -0.39 is 0 Å². The van der Waals surface area contributed by atoms with E-state index in [1.165, 1.54) is 128 Å². The van der Waals surface area contributed by atoms with Gasteiger partial charge in [-0.25, -0.2) is 0 Å². The van der Waals surface area contributed by atoms with Gasteiger partial charge in [0, 0.05) is 19.6 Å². The quantitative estimate of drug-likeness (QED) is 0.0509. The lowest BCUT2D eigenvalue weighted by Gasteiger charge is -2.08. The molecule has 0 heterocycles. The van der Waals surface area contributed by atoms with E-state index in [0.29, 0.717) is 65.7 Å². The van der Waals surface area contributed by atoms with Crippen molar-refractivity contribution in [3.05, 3.63) is 0 Å². The predicted octanol–water partition coefficient (Wildman–Crippen LogP) is 10.4. The minimum Gasteiger partial charge on any atom is -0.466 e. The van der Waals surface area contributed by atoms with Crippen molar-refractivity contribution in [2.45, 2.75) is 174 Å². The molecule has 0 amide bonds. The summed E-state index contributed by atoms with van der Waals surface area (Å²) >= 11 is 0. The first-order valence-electron chi connectivity index (χ1n) is 18.8. The molecular formula is C37H74O6. The molecule has 0 N–H and O–H groups in total. The first-order valence-corrected chi connectivity index (χ1v) is 18.8. The van der Waals surface area contributed by atoms with Gasteiger partial charge in [-0.1, -0.05) is 149 Å². The summed E-state index contributed by atoms with van der Waals surface area (Å²) in [5, 5.41) is 0. The maximum absolute atomic E-state index is 11.9. The molecule has 0 aliphatic rings. The minimum absolute atomic E-state index is 0.108. The lowest BCUT2D eigenvalue weighted by molar-refractivity contribution is -0.144. The van der Waals surface area contributed by atoms with Crippen molar-refractivity contribution in [2.24, 2.45) is 0 Å². The molecule has 0 aromatic heterocycles. The average Bonchev–Trinajstić information content (AvgIpc) is 3.01. The fourth-order valence-corrected chi connectivity index (χ4v) is 5.15. The van der Waals surface area contributed by atoms with E-state index >= 15 is 0 Å². The van der Waals surface area contributed by atoms with Gasteiger partial charge in [0.2, 0.25) is 0 Å². The first-order chi connectivity index (χ1) is 21.3. The normalized spacial score (nSPS) is 11.4. The summed E-state index contributed by atoms with van der Waals surface area (Å²) in [6, 6.07) is 0. The van der Waals surface area contributed by atoms with Gasteiger partial charge in [-0.3, -0.25) is 4.79 Å². The lowest BCUT2D eigenvalue weighted by Crippen LogP contribution is -2.12. The van der Waals surface area contributed by atoms with Crippen molar-refractivity contribution in [1.29, 1.82) is 0 Å². The molecule has 0 saturated carbocycles. The van der Waals surface area contributed by atoms with Gasteiger partial charge in [0.15, 0.2) is 0 Å². The zero-order chi connectivity index (χ0) is 31.2. The fraction of sp³-hybridized carbons (Fsp3) is 0.973. The summed E-state index contributed by atoms with van der Waals surface area (Å²) in [6.07, 6.45) is 31.8. The fourth-order valence-electron chi connectivity index (χ4n) is 5.15. The number of carbonyl (C=O) groups is 1. The summed E-state index contributed by atoms with van der Waals surface area (Å²) in [5.41, 5.74) is 0. The second-order valence-corrected chi connectivity index (χ2v) is 12.2. The number of ether oxygens (including phenoxy) is 5. The van der Waals surface area contributed by atoms with Crippen molar-refractivity contribution in [2.75, 3.05) is 59.5 Å². The molecule has 6 nitrogen and oxygen atoms in total. The van der Waals surface area contributed by atoms with E-state index in [0.717, 1.165) is 25.9 Å². The van der Waals surface area contributed by atoms with Crippen LogP contribution in [0.25, 0.3) is 0 Å². The molecule has 0 rings (SSSR count). The second-order valence-electron chi connectivity index (χ2n) is 12.2. The van der Waals surface area contributed by atoms with E-state index in [2.05, 4.69) is 13.8 Å². The molecular weight excluding hydrogens is 540 g/mol. The largest absolute Gasteiger partial charge is 0.466 e. The summed E-state index contributed by atoms with van der Waals surface area (Å²) < 4.78 is 27.6. The van der Waals surface area contributed by atoms with Crippen molar-refractivity contribution in [3.8, 4) is 0 Å². The van der Waals surface area contributed by atoms with Gasteiger partial charge in [-0.05, 0) is 19.3 Å². The third-order valence-electron chi connectivity index (χ3n) is 7.94. The standard InChI is InChI=1S/C37H74O6/c1-3-5-7-9-11-13-14-15-16-17-19-21-23-25-30-43-37(38)27-26-29-40-32-34-42-36-35-41-33-31-39-28-24-22-20-18-12-10-8-6-4-2/h3-36H2,1-2H3. The summed E-state index contributed by atoms with van der Waals surface area (Å²) in [7, 11) is 0. The SMILES string of the molecule is CCCCCCCCCCCCCCCCOC(=O)CCCOCCOCCOCCOCCCCCCCCCCC. The van der Waals surface area contributed by atoms with Crippen LogP contribution in [0.4, 0.5) is 0 Å². The Morgan fingerprint density at radius 3 is 0.977 bits per heavy atom. The van der Waals surface area contributed by atoms with Gasteiger partial charge >= 0.3 is 5.97 Å². The zero-order valence-corrected chi connectivity index (χ0v) is 29.0. The van der Waals surface area contributed by atoms with Gasteiger partial charge in [0.25, 0.3) is 0 Å². The van der Waals surface area contributed by atoms with Crippen LogP contribution < -0.4 is 0 Å². The Morgan fingerprint density at radius 1 is 0.326 bits per heavy atom. The molecule has 258 valence electrons. The Bertz CT molecular complexity index is 515. The Kier molecular flexibility index (Phi) is 38.7. The van der Waals surface area contributed by atoms with Crippen LogP contribution in [0, 0.1) is 0 Å². The Morgan fingerprint density at radius 2 is 0.605 bits per heavy atom. The van der Waals surface area contributed by atoms with Crippen LogP contribution in [0.2, 0.25) is 0 Å². The minimum atomic E-state index is -0.108. The zero-order valence-electron chi connectivity index (χ0n) is 29.0. The van der Waals surface area contributed by atoms with Crippen LogP contribution in [0.5, 0.6) is 0 Å². The Balaban J connectivity index is 3.13. The van der Waals surface area contributed by atoms with Gasteiger partial charge in [0.05, 0.1) is 46.2 Å². The second kappa shape index (κ2) is 39.3. The summed E-state index contributed by atoms with van der Waals surface area (Å²) in [4.78, 5) is 11.9. The highest BCUT2D eigenvalue weighted by atomic mass is 16.6. The van der Waals surface area contributed by atoms with Gasteiger partial charge in [-0.15, -0.1) is 0 Å². The highest BCUT2D eigenvalue weighted by Crippen LogP contribution is 2.13. The van der Waals surface area contributed by atoms with E-state index in [9.17, 15) is 4.79 Å². The molecule has 6 heteroatoms. The molecule has 0 fully saturated rings. The maximum atomic E-state index is 11.9. The highest BCUT2D eigenvalue weighted by molar-refractivity contribution is 5.69. The van der Waals surface area contributed by atoms with Crippen molar-refractivity contribution < 1.29 is 28.5 Å². The van der Waals surface area contributed by atoms with Crippen molar-refractivity contribution in [1.82, 2.24) is 0 Å². The predicted molar refractivity (Wildman–Crippen MR) is 181 cm³/mol. The number of carbonyl (C=O) groups excluding carboxylic acids is 1. The molecule has 0 aliphatic carbocycles. The molecule has 0 unspecified atom stereocenters. The Hall–Kier alpha value is -0.690. The van der Waals surface area contributed by atoms with Gasteiger partial charge in [0.1, 0.15) is 0 Å². The van der Waals surface area contributed by atoms with Gasteiger partial charge < -0.3 is 23.7 Å². The van der Waals surface area contributed by atoms with Crippen LogP contribution >= 0.6 is 0 Å². The van der Waals surface area contributed by atoms with Crippen LogP contribution in [-0.2, 0) is 28.5 Å². The summed E-state index contributed by atoms with van der Waals surface area (Å²) in [6.45, 7) is 9.99. The topological polar surface area (TPSA) is 63.2 Å². The molecule has 0 spiro atoms. The third-order valence-corrected chi connectivity index (χ3v) is 7.94. The lowest BCUT2D eigenvalue weighted by atomic mass is 10.0. The van der Waals surface area contributed by atoms with E-state index in [-0.39, 0.29) is 5.97 Å². The first kappa shape index (κ1) is 42.3. The molecule has 43 heavy (non-hydrogen) atoms. The molecule has 0 atom stereocenters. The molecule has 0 saturated heterocycles. The average molecular weight is 615 g/mol. The maximum Gasteiger partial charge on any atom is 0.305 e. The van der Waals surface area contributed by atoms with Crippen LogP contribution in [0.15, 0.2) is 0 Å². The number of hydrogen-bond donors (Lipinski definition) is 0. The number of hydrogen-bond acceptors (Lipinski definition) is 6. The molecule has 0 aliphatic heterocycles.